The van der Waals surface area contributed by atoms with Crippen molar-refractivity contribution < 1.29 is 48.8 Å². The lowest BCUT2D eigenvalue weighted by molar-refractivity contribution is 0.0419. The maximum absolute atomic E-state index is 10.0. The highest BCUT2D eigenvalue weighted by Crippen LogP contribution is 2.34. The lowest BCUT2D eigenvalue weighted by Crippen LogP contribution is -2.29. The van der Waals surface area contributed by atoms with Crippen molar-refractivity contribution >= 4 is 17.1 Å². The van der Waals surface area contributed by atoms with E-state index in [0.29, 0.717) is 13.2 Å². The molecule has 14 nitrogen and oxygen atoms in total. The number of rotatable bonds is 34. The van der Waals surface area contributed by atoms with Crippen LogP contribution in [-0.4, -0.2) is 98.1 Å². The van der Waals surface area contributed by atoms with E-state index in [2.05, 4.69) is 149 Å². The molecule has 0 aromatic heterocycles. The van der Waals surface area contributed by atoms with E-state index in [9.17, 15) is 20.4 Å². The second-order valence-electron chi connectivity index (χ2n) is 33.7. The van der Waals surface area contributed by atoms with Crippen LogP contribution in [0.4, 0.5) is 11.4 Å². The maximum atomic E-state index is 10.0. The third kappa shape index (κ3) is 38.5. The maximum Gasteiger partial charge on any atom is 0.121 e. The van der Waals surface area contributed by atoms with Gasteiger partial charge in [0.15, 0.2) is 0 Å². The van der Waals surface area contributed by atoms with Crippen LogP contribution in [0.2, 0.25) is 0 Å². The number of hydrogen-bond donors (Lipinski definition) is 6. The Bertz CT molecular complexity index is 3530. The van der Waals surface area contributed by atoms with Gasteiger partial charge in [0.25, 0.3) is 0 Å². The molecule has 0 radical (unpaired) electrons. The Hall–Kier alpha value is -7.41. The van der Waals surface area contributed by atoms with E-state index in [1.807, 2.05) is 72.8 Å². The molecule has 12 rings (SSSR count). The number of nitrogens with one attached hydrogen (secondary N) is 1. The molecule has 6 aliphatic rings. The van der Waals surface area contributed by atoms with Gasteiger partial charge in [-0.3, -0.25) is 0 Å². The Labute approximate surface area is 702 Å². The Morgan fingerprint density at radius 1 is 0.422 bits per heavy atom. The molecule has 14 heteroatoms. The summed E-state index contributed by atoms with van der Waals surface area (Å²) in [5.74, 6) is 20.9. The minimum absolute atomic E-state index is 0.224. The van der Waals surface area contributed by atoms with Crippen LogP contribution in [0.5, 0.6) is 34.5 Å². The van der Waals surface area contributed by atoms with Gasteiger partial charge in [-0.1, -0.05) is 230 Å². The molecular formula is C102H154N4O10. The minimum Gasteiger partial charge on any atom is -0.493 e. The standard InChI is InChI=1S/C18H24O.C17H26N2O.C17H27NO.2C17H26O3.C16H25NO/c1-2-3-5-9-16-12-8-13-18(14-16)19-15-17-10-6-4-7-11-17;1-2-7-17(19-18)15-10-6-11-16(12-15)20-13-14-8-4-3-5-9-14;1-3-12-18(2)16-10-7-11-17(13-16)19-14-15-8-5-4-6-9-15;2*1-2-6-16(18)13-8-5-9-15(11-13)20-12-14-7-3-4-10-17(14)19;1-2-11-17-15-9-6-10-16(12-15)18-13-14-7-4-3-5-8-14/h8,12-14,17H,2-4,6-7,10-11,15H2,1H3;6,10-12,14H,2-5,7-9,13,18H2,1H3;7,10-11,13,15H,3-6,8-9,12,14H2,1-2H3;2*5,8-9,11,14,16-19H,2-4,6-7,10,12H2,1H3;6,9-10,12,14,17H,2-5,7-8,11,13H2,1H3/t;;;14-,16+,17-;14-,16-,17+;/m...01./s1. The van der Waals surface area contributed by atoms with Gasteiger partial charge < -0.3 is 64.9 Å². The summed E-state index contributed by atoms with van der Waals surface area (Å²) in [4.78, 5) is 2.29. The number of anilines is 2. The molecule has 642 valence electrons. The van der Waals surface area contributed by atoms with E-state index in [1.54, 1.807) is 0 Å². The molecule has 0 unspecified atom stereocenters. The van der Waals surface area contributed by atoms with Crippen LogP contribution in [0.3, 0.4) is 0 Å². The quantitative estimate of drug-likeness (QED) is 0.00970. The molecule has 0 aliphatic heterocycles. The van der Waals surface area contributed by atoms with Crippen molar-refractivity contribution in [2.24, 2.45) is 46.5 Å². The van der Waals surface area contributed by atoms with Gasteiger partial charge in [-0.25, -0.2) is 0 Å². The van der Waals surface area contributed by atoms with Gasteiger partial charge in [-0.15, -0.1) is 0 Å². The zero-order chi connectivity index (χ0) is 82.4. The SMILES string of the molecule is CCCC#Cc1cccc(OCC2CCCCC2)c1.CCCC(=NN)c1cccc(OCC2CCCCC2)c1.CCCN(C)c1cccc(OCC2CCCCC2)c1.CCCNc1cccc(OCC2CCCCC2)c1.CCC[C@@H](O)c1cccc(OC[C@@H]2CCCC[C@@H]2O)c1.CCC[C@@H](O)c1cccc(OC[C@H]2CCCC[C@@H]2O)c1. The molecule has 6 aliphatic carbocycles. The summed E-state index contributed by atoms with van der Waals surface area (Å²) in [6.07, 6.45) is 44.2. The topological polar surface area (TPSA) is 190 Å². The minimum atomic E-state index is -0.413. The zero-order valence-corrected chi connectivity index (χ0v) is 72.9. The summed E-state index contributed by atoms with van der Waals surface area (Å²) in [5, 5.41) is 47.2. The number of hydrazone groups is 1. The molecule has 6 atom stereocenters. The molecule has 6 fully saturated rings. The summed E-state index contributed by atoms with van der Waals surface area (Å²) in [7, 11) is 2.14. The van der Waals surface area contributed by atoms with Crippen LogP contribution in [0.15, 0.2) is 151 Å². The van der Waals surface area contributed by atoms with Crippen molar-refractivity contribution in [3.63, 3.8) is 0 Å². The summed E-state index contributed by atoms with van der Waals surface area (Å²) < 4.78 is 35.4. The summed E-state index contributed by atoms with van der Waals surface area (Å²) >= 11 is 0. The highest BCUT2D eigenvalue weighted by Gasteiger charge is 2.26. The Morgan fingerprint density at radius 3 is 1.25 bits per heavy atom. The highest BCUT2D eigenvalue weighted by molar-refractivity contribution is 6.00. The first-order valence-corrected chi connectivity index (χ1v) is 46.1. The van der Waals surface area contributed by atoms with E-state index >= 15 is 0 Å². The van der Waals surface area contributed by atoms with Gasteiger partial charge in [0.05, 0.1) is 69.8 Å². The van der Waals surface area contributed by atoms with Crippen molar-refractivity contribution in [3.8, 4) is 46.3 Å². The third-order valence-corrected chi connectivity index (χ3v) is 23.6. The number of aliphatic hydroxyl groups is 4. The first-order chi connectivity index (χ1) is 56.8. The van der Waals surface area contributed by atoms with Gasteiger partial charge in [0, 0.05) is 73.0 Å². The Balaban J connectivity index is 0.000000193. The molecule has 7 N–H and O–H groups in total. The molecule has 0 spiro atoms. The highest BCUT2D eigenvalue weighted by atomic mass is 16.5. The number of nitrogens with zero attached hydrogens (tertiary/aromatic N) is 2. The van der Waals surface area contributed by atoms with E-state index in [4.69, 9.17) is 34.3 Å². The molecule has 6 aromatic carbocycles. The van der Waals surface area contributed by atoms with E-state index in [0.717, 1.165) is 228 Å². The van der Waals surface area contributed by atoms with Gasteiger partial charge in [-0.2, -0.15) is 5.10 Å². The lowest BCUT2D eigenvalue weighted by Gasteiger charge is -2.27. The number of ether oxygens (including phenoxy) is 6. The molecular weight excluding hydrogens is 1440 g/mol. The van der Waals surface area contributed by atoms with Crippen LogP contribution in [0.1, 0.15) is 320 Å². The average Bonchev–Trinajstić information content (AvgIpc) is 0.502. The largest absolute Gasteiger partial charge is 0.493 e. The number of benzene rings is 6. The fourth-order valence-electron chi connectivity index (χ4n) is 16.4. The fourth-order valence-corrected chi connectivity index (χ4v) is 16.4. The Kier molecular flexibility index (Phi) is 48.3. The van der Waals surface area contributed by atoms with Crippen LogP contribution in [-0.2, 0) is 0 Å². The first kappa shape index (κ1) is 95.7. The van der Waals surface area contributed by atoms with Crippen LogP contribution in [0, 0.1) is 47.3 Å². The van der Waals surface area contributed by atoms with Crippen molar-refractivity contribution in [1.82, 2.24) is 0 Å². The second-order valence-corrected chi connectivity index (χ2v) is 33.7. The van der Waals surface area contributed by atoms with Gasteiger partial charge >= 0.3 is 0 Å². The van der Waals surface area contributed by atoms with Gasteiger partial charge in [0.1, 0.15) is 34.5 Å². The van der Waals surface area contributed by atoms with Gasteiger partial charge in [-0.05, 0) is 229 Å². The first-order valence-electron chi connectivity index (χ1n) is 46.1. The predicted molar refractivity (Wildman–Crippen MR) is 483 cm³/mol. The monoisotopic (exact) mass is 1600 g/mol. The fraction of sp³-hybridized carbons (Fsp3) is 0.618. The normalized spacial score (nSPS) is 19.1. The summed E-state index contributed by atoms with van der Waals surface area (Å²) in [6.45, 7) is 19.5. The van der Waals surface area contributed by atoms with E-state index < -0.39 is 12.2 Å². The molecule has 0 saturated heterocycles. The molecule has 6 saturated carbocycles. The molecule has 116 heavy (non-hydrogen) atoms. The predicted octanol–water partition coefficient (Wildman–Crippen LogP) is 24.8. The number of unbranched alkanes of at least 4 members (excludes halogenated alkanes) is 1. The number of aliphatic hydroxyl groups excluding tert-OH is 4. The smallest absolute Gasteiger partial charge is 0.121 e. The molecule has 6 aromatic rings. The molecule has 0 heterocycles. The van der Waals surface area contributed by atoms with E-state index in [1.165, 1.54) is 153 Å². The van der Waals surface area contributed by atoms with Gasteiger partial charge in [0.2, 0.25) is 0 Å². The number of nitrogens with two attached hydrogens (primary N) is 1. The summed E-state index contributed by atoms with van der Waals surface area (Å²) in [6, 6.07) is 48.5. The zero-order valence-electron chi connectivity index (χ0n) is 72.9. The molecule has 0 amide bonds. The lowest BCUT2D eigenvalue weighted by atomic mass is 9.87. The van der Waals surface area contributed by atoms with Crippen molar-refractivity contribution in [3.05, 3.63) is 168 Å². The number of hydrogen-bond acceptors (Lipinski definition) is 14. The Morgan fingerprint density at radius 2 is 0.819 bits per heavy atom. The summed E-state index contributed by atoms with van der Waals surface area (Å²) in [5.41, 5.74) is 7.34. The van der Waals surface area contributed by atoms with Crippen molar-refractivity contribution in [1.29, 1.82) is 0 Å². The molecule has 0 bridgehead atoms. The van der Waals surface area contributed by atoms with Crippen LogP contribution in [0.25, 0.3) is 0 Å². The third-order valence-electron chi connectivity index (χ3n) is 23.6. The van der Waals surface area contributed by atoms with Crippen molar-refractivity contribution in [2.75, 3.05) is 70.0 Å². The van der Waals surface area contributed by atoms with E-state index in [-0.39, 0.29) is 24.0 Å². The van der Waals surface area contributed by atoms with Crippen LogP contribution < -0.4 is 44.5 Å². The average molecular weight is 1600 g/mol. The second kappa shape index (κ2) is 58.5. The van der Waals surface area contributed by atoms with Crippen molar-refractivity contribution in [2.45, 2.75) is 310 Å². The van der Waals surface area contributed by atoms with Crippen LogP contribution >= 0.6 is 0 Å².